The zero-order chi connectivity index (χ0) is 17.1. The Morgan fingerprint density at radius 1 is 1.30 bits per heavy atom. The number of nitrogens with one attached hydrogen (secondary N) is 1. The lowest BCUT2D eigenvalue weighted by Gasteiger charge is -2.18. The number of nitrogens with zero attached hydrogens (tertiary/aromatic N) is 1. The first kappa shape index (κ1) is 17.5. The van der Waals surface area contributed by atoms with Gasteiger partial charge < -0.3 is 9.47 Å². The van der Waals surface area contributed by atoms with Crippen LogP contribution in [0.1, 0.15) is 32.7 Å². The summed E-state index contributed by atoms with van der Waals surface area (Å²) in [4.78, 5) is 47.8. The van der Waals surface area contributed by atoms with E-state index in [1.54, 1.807) is 0 Å². The number of hydrogen-bond donors (Lipinski definition) is 1. The summed E-state index contributed by atoms with van der Waals surface area (Å²) < 4.78 is 11.9. The summed E-state index contributed by atoms with van der Waals surface area (Å²) in [6.07, 6.45) is 1.87. The number of halogens is 1. The topological polar surface area (TPSA) is 107 Å². The largest absolute Gasteiger partial charge is 0.465 e. The Morgan fingerprint density at radius 2 is 2.00 bits per heavy atom. The van der Waals surface area contributed by atoms with Gasteiger partial charge in [-0.15, -0.1) is 0 Å². The standard InChI is InChI=1S/C14H17BrN2O6/c1-7(18)22-6-9-3-10(4-12(9)23-8(2)19)17-5-11(15)13(20)16-14(17)21/h5,9-10,12H,3-4,6H2,1-2H3,(H,16,20,21)/t9-,10-,12+/m1/s1. The fourth-order valence-electron chi connectivity index (χ4n) is 2.77. The zero-order valence-electron chi connectivity index (χ0n) is 12.7. The smallest absolute Gasteiger partial charge is 0.328 e. The second-order valence-corrected chi connectivity index (χ2v) is 6.33. The molecule has 23 heavy (non-hydrogen) atoms. The first-order valence-corrected chi connectivity index (χ1v) is 7.88. The monoisotopic (exact) mass is 388 g/mol. The molecule has 2 rings (SSSR count). The van der Waals surface area contributed by atoms with Crippen LogP contribution in [-0.2, 0) is 19.1 Å². The summed E-state index contributed by atoms with van der Waals surface area (Å²) in [6.45, 7) is 2.72. The van der Waals surface area contributed by atoms with E-state index < -0.39 is 29.3 Å². The summed E-state index contributed by atoms with van der Waals surface area (Å²) in [5.74, 6) is -1.05. The van der Waals surface area contributed by atoms with Crippen molar-refractivity contribution in [3.63, 3.8) is 0 Å². The highest BCUT2D eigenvalue weighted by atomic mass is 79.9. The molecule has 1 heterocycles. The molecule has 0 saturated heterocycles. The molecule has 1 aliphatic rings. The van der Waals surface area contributed by atoms with Gasteiger partial charge in [0.25, 0.3) is 5.56 Å². The highest BCUT2D eigenvalue weighted by Crippen LogP contribution is 2.36. The van der Waals surface area contributed by atoms with Gasteiger partial charge in [-0.25, -0.2) is 4.79 Å². The highest BCUT2D eigenvalue weighted by Gasteiger charge is 2.38. The van der Waals surface area contributed by atoms with Crippen molar-refractivity contribution in [3.05, 3.63) is 31.5 Å². The van der Waals surface area contributed by atoms with Crippen LogP contribution in [-0.4, -0.2) is 34.2 Å². The van der Waals surface area contributed by atoms with E-state index in [9.17, 15) is 19.2 Å². The van der Waals surface area contributed by atoms with E-state index in [-0.39, 0.29) is 23.0 Å². The number of esters is 2. The summed E-state index contributed by atoms with van der Waals surface area (Å²) in [7, 11) is 0. The van der Waals surface area contributed by atoms with Crippen molar-refractivity contribution in [2.75, 3.05) is 6.61 Å². The molecule has 1 aromatic rings. The Hall–Kier alpha value is -1.90. The second-order valence-electron chi connectivity index (χ2n) is 5.48. The number of carbonyl (C=O) groups excluding carboxylic acids is 2. The van der Waals surface area contributed by atoms with E-state index in [0.717, 1.165) is 0 Å². The van der Waals surface area contributed by atoms with E-state index in [1.165, 1.54) is 24.6 Å². The molecule has 8 nitrogen and oxygen atoms in total. The van der Waals surface area contributed by atoms with Gasteiger partial charge in [0.1, 0.15) is 6.10 Å². The van der Waals surface area contributed by atoms with Gasteiger partial charge in [0, 0.05) is 38.4 Å². The molecule has 1 aromatic heterocycles. The lowest BCUT2D eigenvalue weighted by Crippen LogP contribution is -2.32. The van der Waals surface area contributed by atoms with Gasteiger partial charge in [-0.05, 0) is 22.4 Å². The minimum atomic E-state index is -0.530. The third kappa shape index (κ3) is 4.31. The SMILES string of the molecule is CC(=O)OC[C@H]1C[C@@H](n2cc(Br)c(=O)[nH]c2=O)C[C@@H]1OC(C)=O. The maximum Gasteiger partial charge on any atom is 0.328 e. The van der Waals surface area contributed by atoms with Gasteiger partial charge in [-0.3, -0.25) is 23.9 Å². The van der Waals surface area contributed by atoms with E-state index in [4.69, 9.17) is 9.47 Å². The molecule has 1 aliphatic carbocycles. The van der Waals surface area contributed by atoms with Crippen molar-refractivity contribution in [1.29, 1.82) is 0 Å². The minimum Gasteiger partial charge on any atom is -0.465 e. The van der Waals surface area contributed by atoms with Crippen molar-refractivity contribution in [2.45, 2.75) is 38.8 Å². The van der Waals surface area contributed by atoms with Crippen LogP contribution in [0, 0.1) is 5.92 Å². The molecule has 1 saturated carbocycles. The van der Waals surface area contributed by atoms with Crippen LogP contribution in [0.15, 0.2) is 20.3 Å². The third-order valence-corrected chi connectivity index (χ3v) is 4.31. The van der Waals surface area contributed by atoms with Crippen LogP contribution < -0.4 is 11.2 Å². The predicted octanol–water partition coefficient (Wildman–Crippen LogP) is 0.745. The van der Waals surface area contributed by atoms with Crippen LogP contribution in [0.2, 0.25) is 0 Å². The number of ether oxygens (including phenoxy) is 2. The molecule has 0 aromatic carbocycles. The maximum atomic E-state index is 12.0. The Balaban J connectivity index is 2.23. The van der Waals surface area contributed by atoms with Gasteiger partial charge in [0.2, 0.25) is 0 Å². The van der Waals surface area contributed by atoms with Crippen LogP contribution in [0.5, 0.6) is 0 Å². The summed E-state index contributed by atoms with van der Waals surface area (Å²) in [6, 6.07) is -0.263. The predicted molar refractivity (Wildman–Crippen MR) is 83.0 cm³/mol. The van der Waals surface area contributed by atoms with Crippen molar-refractivity contribution in [2.24, 2.45) is 5.92 Å². The Kier molecular flexibility index (Phi) is 5.40. The van der Waals surface area contributed by atoms with Crippen molar-refractivity contribution < 1.29 is 19.1 Å². The molecule has 0 unspecified atom stereocenters. The Bertz CT molecular complexity index is 725. The molecule has 1 N–H and O–H groups in total. The molecule has 1 fully saturated rings. The number of carbonyl (C=O) groups is 2. The van der Waals surface area contributed by atoms with Gasteiger partial charge in [-0.2, -0.15) is 0 Å². The Morgan fingerprint density at radius 3 is 2.61 bits per heavy atom. The molecule has 126 valence electrons. The first-order valence-electron chi connectivity index (χ1n) is 7.09. The highest BCUT2D eigenvalue weighted by molar-refractivity contribution is 9.10. The van der Waals surface area contributed by atoms with Gasteiger partial charge in [0.15, 0.2) is 0 Å². The fourth-order valence-corrected chi connectivity index (χ4v) is 3.09. The van der Waals surface area contributed by atoms with Crippen LogP contribution in [0.4, 0.5) is 0 Å². The molecule has 3 atom stereocenters. The Labute approximate surface area is 139 Å². The molecule has 0 bridgehead atoms. The molecule has 0 amide bonds. The third-order valence-electron chi connectivity index (χ3n) is 3.74. The normalized spacial score (nSPS) is 23.5. The second kappa shape index (κ2) is 7.12. The minimum absolute atomic E-state index is 0.114. The number of rotatable bonds is 4. The van der Waals surface area contributed by atoms with Gasteiger partial charge >= 0.3 is 17.6 Å². The maximum absolute atomic E-state index is 12.0. The lowest BCUT2D eigenvalue weighted by molar-refractivity contribution is -0.151. The summed E-state index contributed by atoms with van der Waals surface area (Å²) in [5.41, 5.74) is -1.03. The number of hydrogen-bond acceptors (Lipinski definition) is 6. The first-order chi connectivity index (χ1) is 10.8. The van der Waals surface area contributed by atoms with Gasteiger partial charge in [0.05, 0.1) is 11.1 Å². The molecular formula is C14H17BrN2O6. The van der Waals surface area contributed by atoms with E-state index in [1.807, 2.05) is 0 Å². The lowest BCUT2D eigenvalue weighted by atomic mass is 10.1. The number of aromatic nitrogens is 2. The molecule has 0 spiro atoms. The van der Waals surface area contributed by atoms with Crippen LogP contribution in [0.25, 0.3) is 0 Å². The average molecular weight is 389 g/mol. The molecular weight excluding hydrogens is 372 g/mol. The quantitative estimate of drug-likeness (QED) is 0.762. The van der Waals surface area contributed by atoms with E-state index >= 15 is 0 Å². The molecule has 0 aliphatic heterocycles. The number of aromatic amines is 1. The molecule has 9 heteroatoms. The fraction of sp³-hybridized carbons (Fsp3) is 0.571. The van der Waals surface area contributed by atoms with Crippen molar-refractivity contribution >= 4 is 27.9 Å². The van der Waals surface area contributed by atoms with Gasteiger partial charge in [-0.1, -0.05) is 0 Å². The van der Waals surface area contributed by atoms with Crippen LogP contribution >= 0.6 is 15.9 Å². The van der Waals surface area contributed by atoms with E-state index in [0.29, 0.717) is 12.8 Å². The van der Waals surface area contributed by atoms with Crippen LogP contribution in [0.3, 0.4) is 0 Å². The average Bonchev–Trinajstić information content (AvgIpc) is 2.82. The summed E-state index contributed by atoms with van der Waals surface area (Å²) in [5, 5.41) is 0. The van der Waals surface area contributed by atoms with Crippen molar-refractivity contribution in [1.82, 2.24) is 9.55 Å². The zero-order valence-corrected chi connectivity index (χ0v) is 14.3. The van der Waals surface area contributed by atoms with E-state index in [2.05, 4.69) is 20.9 Å². The summed E-state index contributed by atoms with van der Waals surface area (Å²) >= 11 is 3.09. The van der Waals surface area contributed by atoms with Crippen molar-refractivity contribution in [3.8, 4) is 0 Å². The molecule has 0 radical (unpaired) electrons. The number of H-pyrrole nitrogens is 1.